The molecule has 1 amide bonds. The second-order valence-corrected chi connectivity index (χ2v) is 12.5. The number of nitrogens with two attached hydrogens (primary N) is 1. The Labute approximate surface area is 240 Å². The average molecular weight is 573 g/mol. The van der Waals surface area contributed by atoms with Crippen LogP contribution in [0.5, 0.6) is 5.75 Å². The maximum atomic E-state index is 13.7. The van der Waals surface area contributed by atoms with Gasteiger partial charge in [-0.2, -0.15) is 5.26 Å². The second-order valence-electron chi connectivity index (χ2n) is 10.3. The zero-order valence-corrected chi connectivity index (χ0v) is 23.9. The zero-order valence-electron chi connectivity index (χ0n) is 22.3. The van der Waals surface area contributed by atoms with E-state index in [4.69, 9.17) is 10.5 Å². The van der Waals surface area contributed by atoms with Gasteiger partial charge in [-0.05, 0) is 41.7 Å². The molecule has 204 valence electrons. The molecule has 1 aromatic heterocycles. The SMILES string of the molecule is COc1cccc(C2C(C#N)=C(N)N(c3nnc(SCC(=O)Nc4ccccc4)s3)C3=C2C(=O)CC(C)(C)C3)c1. The third kappa shape index (κ3) is 5.46. The fraction of sp³-hybridized carbons (Fsp3) is 0.276. The van der Waals surface area contributed by atoms with Gasteiger partial charge >= 0.3 is 0 Å². The number of ketones is 1. The van der Waals surface area contributed by atoms with Gasteiger partial charge in [-0.25, -0.2) is 0 Å². The number of thioether (sulfide) groups is 1. The molecule has 9 nitrogen and oxygen atoms in total. The Hall–Kier alpha value is -4.14. The van der Waals surface area contributed by atoms with Crippen molar-refractivity contribution in [1.82, 2.24) is 10.2 Å². The number of nitrogens with zero attached hydrogens (tertiary/aromatic N) is 4. The van der Waals surface area contributed by atoms with E-state index in [2.05, 4.69) is 21.6 Å². The summed E-state index contributed by atoms with van der Waals surface area (Å²) in [7, 11) is 1.58. The van der Waals surface area contributed by atoms with Crippen LogP contribution in [0.15, 0.2) is 81.6 Å². The van der Waals surface area contributed by atoms with E-state index in [0.717, 1.165) is 16.9 Å². The molecule has 1 aliphatic heterocycles. The molecular formula is C29H28N6O3S2. The van der Waals surface area contributed by atoms with Crippen LogP contribution < -0.4 is 20.7 Å². The summed E-state index contributed by atoms with van der Waals surface area (Å²) in [4.78, 5) is 27.8. The molecule has 0 saturated heterocycles. The first-order valence-corrected chi connectivity index (χ1v) is 14.4. The fourth-order valence-electron chi connectivity index (χ4n) is 5.08. The van der Waals surface area contributed by atoms with Gasteiger partial charge in [0.15, 0.2) is 10.1 Å². The number of rotatable bonds is 7. The third-order valence-electron chi connectivity index (χ3n) is 6.78. The number of benzene rings is 2. The Morgan fingerprint density at radius 1 is 1.23 bits per heavy atom. The van der Waals surface area contributed by atoms with Crippen LogP contribution in [0.1, 0.15) is 38.2 Å². The zero-order chi connectivity index (χ0) is 28.4. The van der Waals surface area contributed by atoms with Gasteiger partial charge in [0.05, 0.1) is 30.4 Å². The van der Waals surface area contributed by atoms with Gasteiger partial charge in [-0.3, -0.25) is 14.5 Å². The number of nitriles is 1. The van der Waals surface area contributed by atoms with Gasteiger partial charge in [0.1, 0.15) is 11.6 Å². The Morgan fingerprint density at radius 3 is 2.73 bits per heavy atom. The number of para-hydroxylation sites is 1. The van der Waals surface area contributed by atoms with E-state index >= 15 is 0 Å². The van der Waals surface area contributed by atoms with Crippen molar-refractivity contribution < 1.29 is 14.3 Å². The Morgan fingerprint density at radius 2 is 2.00 bits per heavy atom. The molecule has 0 saturated carbocycles. The van der Waals surface area contributed by atoms with Crippen LogP contribution in [-0.2, 0) is 9.59 Å². The monoisotopic (exact) mass is 572 g/mol. The van der Waals surface area contributed by atoms with E-state index < -0.39 is 5.92 Å². The minimum Gasteiger partial charge on any atom is -0.497 e. The van der Waals surface area contributed by atoms with Gasteiger partial charge in [0.25, 0.3) is 0 Å². The lowest BCUT2D eigenvalue weighted by Crippen LogP contribution is -2.42. The summed E-state index contributed by atoms with van der Waals surface area (Å²) in [6, 6.07) is 18.9. The molecule has 0 fully saturated rings. The Balaban J connectivity index is 1.49. The highest BCUT2D eigenvalue weighted by Gasteiger charge is 2.45. The van der Waals surface area contributed by atoms with Gasteiger partial charge < -0.3 is 15.8 Å². The molecule has 2 heterocycles. The summed E-state index contributed by atoms with van der Waals surface area (Å²) < 4.78 is 5.99. The number of Topliss-reactive ketones (excluding diaryl/α,β-unsaturated/α-hetero) is 1. The fourth-order valence-corrected chi connectivity index (χ4v) is 6.76. The van der Waals surface area contributed by atoms with Crippen LogP contribution in [0.3, 0.4) is 0 Å². The van der Waals surface area contributed by atoms with Crippen LogP contribution in [0.25, 0.3) is 0 Å². The standard InChI is InChI=1S/C29H28N6O3S2/c1-29(2)13-21-25(22(36)14-29)24(17-8-7-11-19(12-17)38-3)20(15-30)26(31)35(21)27-33-34-28(40-27)39-16-23(37)32-18-9-5-4-6-10-18/h4-12,24H,13-14,16,31H2,1-3H3,(H,32,37). The second kappa shape index (κ2) is 11.2. The Bertz CT molecular complexity index is 1570. The molecular weight excluding hydrogens is 544 g/mol. The predicted octanol–water partition coefficient (Wildman–Crippen LogP) is 5.22. The molecule has 0 radical (unpaired) electrons. The number of carbonyl (C=O) groups is 2. The quantitative estimate of drug-likeness (QED) is 0.366. The van der Waals surface area contributed by atoms with Gasteiger partial charge in [0, 0.05) is 23.4 Å². The van der Waals surface area contributed by atoms with E-state index in [-0.39, 0.29) is 34.3 Å². The minimum atomic E-state index is -0.613. The number of nitrogens with one attached hydrogen (secondary N) is 1. The number of aromatic nitrogens is 2. The first-order valence-electron chi connectivity index (χ1n) is 12.6. The summed E-state index contributed by atoms with van der Waals surface area (Å²) >= 11 is 2.52. The van der Waals surface area contributed by atoms with Crippen LogP contribution in [-0.4, -0.2) is 34.8 Å². The molecule has 11 heteroatoms. The third-order valence-corrected chi connectivity index (χ3v) is 8.82. The highest BCUT2D eigenvalue weighted by molar-refractivity contribution is 8.01. The van der Waals surface area contributed by atoms with Crippen molar-refractivity contribution in [3.8, 4) is 11.8 Å². The molecule has 2 aliphatic rings. The maximum absolute atomic E-state index is 13.7. The van der Waals surface area contributed by atoms with E-state index in [9.17, 15) is 14.9 Å². The molecule has 1 atom stereocenters. The summed E-state index contributed by atoms with van der Waals surface area (Å²) in [5, 5.41) is 22.2. The molecule has 40 heavy (non-hydrogen) atoms. The summed E-state index contributed by atoms with van der Waals surface area (Å²) in [5.74, 6) is 0.190. The number of allylic oxidation sites excluding steroid dienone is 3. The number of anilines is 2. The van der Waals surface area contributed by atoms with Crippen molar-refractivity contribution in [2.24, 2.45) is 11.1 Å². The number of ether oxygens (including phenoxy) is 1. The van der Waals surface area contributed by atoms with Gasteiger partial charge in [-0.1, -0.05) is 67.3 Å². The molecule has 1 aliphatic carbocycles. The van der Waals surface area contributed by atoms with Crippen molar-refractivity contribution >= 4 is 45.6 Å². The van der Waals surface area contributed by atoms with Gasteiger partial charge in [-0.15, -0.1) is 10.2 Å². The van der Waals surface area contributed by atoms with E-state index in [1.165, 1.54) is 23.1 Å². The summed E-state index contributed by atoms with van der Waals surface area (Å²) in [6.45, 7) is 4.08. The number of carbonyl (C=O) groups excluding carboxylic acids is 2. The van der Waals surface area contributed by atoms with E-state index in [1.807, 2.05) is 68.4 Å². The molecule has 0 spiro atoms. The van der Waals surface area contributed by atoms with Crippen molar-refractivity contribution in [3.05, 3.63) is 82.8 Å². The first kappa shape index (κ1) is 27.4. The average Bonchev–Trinajstić information content (AvgIpc) is 3.39. The number of hydrogen-bond donors (Lipinski definition) is 2. The maximum Gasteiger partial charge on any atom is 0.234 e. The number of amides is 1. The minimum absolute atomic E-state index is 0.0268. The largest absolute Gasteiger partial charge is 0.497 e. The Kier molecular flexibility index (Phi) is 7.65. The molecule has 2 aromatic carbocycles. The molecule has 1 unspecified atom stereocenters. The number of methoxy groups -OCH3 is 1. The number of hydrogen-bond acceptors (Lipinski definition) is 10. The highest BCUT2D eigenvalue weighted by atomic mass is 32.2. The lowest BCUT2D eigenvalue weighted by Gasteiger charge is -2.42. The van der Waals surface area contributed by atoms with Gasteiger partial charge in [0.2, 0.25) is 11.0 Å². The van der Waals surface area contributed by atoms with Crippen LogP contribution in [0.2, 0.25) is 0 Å². The lowest BCUT2D eigenvalue weighted by molar-refractivity contribution is -0.118. The molecule has 0 bridgehead atoms. The first-order chi connectivity index (χ1) is 19.2. The predicted molar refractivity (Wildman–Crippen MR) is 156 cm³/mol. The van der Waals surface area contributed by atoms with Crippen molar-refractivity contribution in [2.45, 2.75) is 36.9 Å². The van der Waals surface area contributed by atoms with Crippen LogP contribution in [0.4, 0.5) is 10.8 Å². The van der Waals surface area contributed by atoms with Crippen LogP contribution in [0, 0.1) is 16.7 Å². The van der Waals surface area contributed by atoms with E-state index in [0.29, 0.717) is 33.6 Å². The molecule has 3 N–H and O–H groups in total. The lowest BCUT2D eigenvalue weighted by atomic mass is 9.68. The van der Waals surface area contributed by atoms with Crippen LogP contribution >= 0.6 is 23.1 Å². The topological polar surface area (TPSA) is 134 Å². The summed E-state index contributed by atoms with van der Waals surface area (Å²) in [6.07, 6.45) is 0.919. The van der Waals surface area contributed by atoms with Crippen molar-refractivity contribution in [1.29, 1.82) is 5.26 Å². The van der Waals surface area contributed by atoms with Crippen molar-refractivity contribution in [3.63, 3.8) is 0 Å². The van der Waals surface area contributed by atoms with E-state index in [1.54, 1.807) is 12.0 Å². The smallest absolute Gasteiger partial charge is 0.234 e. The molecule has 5 rings (SSSR count). The van der Waals surface area contributed by atoms with Crippen molar-refractivity contribution in [2.75, 3.05) is 23.1 Å². The highest BCUT2D eigenvalue weighted by Crippen LogP contribution is 2.51. The molecule has 3 aromatic rings. The normalized spacial score (nSPS) is 18.3. The summed E-state index contributed by atoms with van der Waals surface area (Å²) in [5.41, 5.74) is 9.40.